The number of anilines is 1. The Hall–Kier alpha value is -2.49. The van der Waals surface area contributed by atoms with Crippen LogP contribution in [0.5, 0.6) is 5.75 Å². The second-order valence-corrected chi connectivity index (χ2v) is 9.57. The highest BCUT2D eigenvalue weighted by atomic mass is 32.2. The number of hydrogen-bond donors (Lipinski definition) is 0. The summed E-state index contributed by atoms with van der Waals surface area (Å²) in [5.41, 5.74) is 2.36. The van der Waals surface area contributed by atoms with E-state index in [1.807, 2.05) is 13.0 Å². The second kappa shape index (κ2) is 8.57. The Morgan fingerprint density at radius 1 is 1.13 bits per heavy atom. The van der Waals surface area contributed by atoms with Gasteiger partial charge in [-0.05, 0) is 55.2 Å². The lowest BCUT2D eigenvalue weighted by molar-refractivity contribution is 0.0730. The maximum absolute atomic E-state index is 14.7. The van der Waals surface area contributed by atoms with Crippen molar-refractivity contribution in [3.63, 3.8) is 0 Å². The molecule has 0 radical (unpaired) electrons. The molecule has 4 rings (SSSR count). The van der Waals surface area contributed by atoms with Crippen LogP contribution >= 0.6 is 0 Å². The molecular formula is C22H25FN2O5S. The van der Waals surface area contributed by atoms with Gasteiger partial charge in [0.2, 0.25) is 10.0 Å². The first-order valence-corrected chi connectivity index (χ1v) is 11.6. The quantitative estimate of drug-likeness (QED) is 0.719. The summed E-state index contributed by atoms with van der Waals surface area (Å²) in [6.07, 6.45) is 1.51. The molecule has 2 aromatic rings. The van der Waals surface area contributed by atoms with Gasteiger partial charge in [-0.15, -0.1) is 0 Å². The third-order valence-electron chi connectivity index (χ3n) is 5.80. The third-order valence-corrected chi connectivity index (χ3v) is 7.69. The number of sulfonamides is 1. The number of rotatable bonds is 4. The molecule has 1 fully saturated rings. The fourth-order valence-corrected chi connectivity index (χ4v) is 5.57. The molecule has 2 heterocycles. The molecule has 0 spiro atoms. The Labute approximate surface area is 181 Å². The standard InChI is InChI=1S/C22H25FN2O5S/c1-15-5-8-20(29-2)21-17(15)4-3-9-25(21)22(26)18-14-16(6-7-19(18)23)31(27,28)24-10-12-30-13-11-24/h5-8,14H,3-4,9-13H2,1-2H3. The molecule has 31 heavy (non-hydrogen) atoms. The Balaban J connectivity index is 1.74. The van der Waals surface area contributed by atoms with Crippen LogP contribution < -0.4 is 9.64 Å². The first kappa shape index (κ1) is 21.7. The molecule has 2 aromatic carbocycles. The number of ether oxygens (including phenoxy) is 2. The van der Waals surface area contributed by atoms with Gasteiger partial charge < -0.3 is 14.4 Å². The molecule has 0 bridgehead atoms. The highest BCUT2D eigenvalue weighted by Crippen LogP contribution is 2.39. The van der Waals surface area contributed by atoms with E-state index in [2.05, 4.69) is 0 Å². The molecule has 2 aliphatic rings. The Kier molecular flexibility index (Phi) is 6.00. The van der Waals surface area contributed by atoms with Crippen LogP contribution in [0.4, 0.5) is 10.1 Å². The van der Waals surface area contributed by atoms with Crippen LogP contribution in [-0.4, -0.2) is 58.6 Å². The molecule has 0 N–H and O–H groups in total. The van der Waals surface area contributed by atoms with Crippen molar-refractivity contribution in [3.8, 4) is 5.75 Å². The second-order valence-electron chi connectivity index (χ2n) is 7.63. The SMILES string of the molecule is COc1ccc(C)c2c1N(C(=O)c1cc(S(=O)(=O)N3CCOCC3)ccc1F)CCC2. The lowest BCUT2D eigenvalue weighted by Crippen LogP contribution is -2.41. The summed E-state index contributed by atoms with van der Waals surface area (Å²) in [4.78, 5) is 14.8. The van der Waals surface area contributed by atoms with Gasteiger partial charge >= 0.3 is 0 Å². The van der Waals surface area contributed by atoms with Crippen LogP contribution in [0.15, 0.2) is 35.2 Å². The van der Waals surface area contributed by atoms with Gasteiger partial charge in [-0.3, -0.25) is 4.79 Å². The van der Waals surface area contributed by atoms with Crippen molar-refractivity contribution < 1.29 is 27.1 Å². The highest BCUT2D eigenvalue weighted by molar-refractivity contribution is 7.89. The van der Waals surface area contributed by atoms with Crippen LogP contribution in [0.1, 0.15) is 27.9 Å². The molecule has 0 aromatic heterocycles. The van der Waals surface area contributed by atoms with E-state index in [9.17, 15) is 17.6 Å². The van der Waals surface area contributed by atoms with Gasteiger partial charge in [-0.25, -0.2) is 12.8 Å². The van der Waals surface area contributed by atoms with Crippen LogP contribution in [-0.2, 0) is 21.2 Å². The summed E-state index contributed by atoms with van der Waals surface area (Å²) in [6, 6.07) is 7.10. The van der Waals surface area contributed by atoms with Crippen molar-refractivity contribution in [1.82, 2.24) is 4.31 Å². The molecule has 0 saturated carbocycles. The van der Waals surface area contributed by atoms with Gasteiger partial charge in [0.25, 0.3) is 5.91 Å². The number of nitrogens with zero attached hydrogens (tertiary/aromatic N) is 2. The number of fused-ring (bicyclic) bond motifs is 1. The van der Waals surface area contributed by atoms with E-state index >= 15 is 0 Å². The van der Waals surface area contributed by atoms with Crippen molar-refractivity contribution >= 4 is 21.6 Å². The number of methoxy groups -OCH3 is 1. The fraction of sp³-hybridized carbons (Fsp3) is 0.409. The minimum absolute atomic E-state index is 0.104. The van der Waals surface area contributed by atoms with Gasteiger partial charge in [0.05, 0.1) is 36.5 Å². The molecular weight excluding hydrogens is 423 g/mol. The summed E-state index contributed by atoms with van der Waals surface area (Å²) < 4.78 is 52.7. The molecule has 7 nitrogen and oxygen atoms in total. The van der Waals surface area contributed by atoms with Gasteiger partial charge in [0.15, 0.2) is 0 Å². The van der Waals surface area contributed by atoms with E-state index in [1.165, 1.54) is 22.4 Å². The van der Waals surface area contributed by atoms with Crippen LogP contribution in [0.2, 0.25) is 0 Å². The van der Waals surface area contributed by atoms with E-state index in [4.69, 9.17) is 9.47 Å². The highest BCUT2D eigenvalue weighted by Gasteiger charge is 2.32. The average Bonchev–Trinajstić information content (AvgIpc) is 2.79. The predicted molar refractivity (Wildman–Crippen MR) is 114 cm³/mol. The van der Waals surface area contributed by atoms with E-state index in [0.29, 0.717) is 31.2 Å². The van der Waals surface area contributed by atoms with Gasteiger partial charge in [0, 0.05) is 19.6 Å². The number of carbonyl (C=O) groups excluding carboxylic acids is 1. The molecule has 0 aliphatic carbocycles. The van der Waals surface area contributed by atoms with Crippen molar-refractivity contribution in [3.05, 3.63) is 52.8 Å². The van der Waals surface area contributed by atoms with Gasteiger partial charge in [-0.2, -0.15) is 4.31 Å². The number of amides is 1. The van der Waals surface area contributed by atoms with E-state index < -0.39 is 21.7 Å². The number of carbonyl (C=O) groups is 1. The van der Waals surface area contributed by atoms with Crippen LogP contribution in [0.3, 0.4) is 0 Å². The maximum atomic E-state index is 14.7. The van der Waals surface area contributed by atoms with E-state index in [1.54, 1.807) is 6.07 Å². The van der Waals surface area contributed by atoms with E-state index in [-0.39, 0.29) is 23.5 Å². The van der Waals surface area contributed by atoms with Gasteiger partial charge in [-0.1, -0.05) is 6.07 Å². The number of halogens is 1. The molecule has 166 valence electrons. The first-order valence-electron chi connectivity index (χ1n) is 10.2. The minimum atomic E-state index is -3.85. The largest absolute Gasteiger partial charge is 0.495 e. The first-order chi connectivity index (χ1) is 14.8. The normalized spacial score (nSPS) is 17.3. The molecule has 1 saturated heterocycles. The summed E-state index contributed by atoms with van der Waals surface area (Å²) in [6.45, 7) is 3.40. The maximum Gasteiger partial charge on any atom is 0.261 e. The van der Waals surface area contributed by atoms with Crippen LogP contribution in [0.25, 0.3) is 0 Å². The smallest absolute Gasteiger partial charge is 0.261 e. The molecule has 2 aliphatic heterocycles. The summed E-state index contributed by atoms with van der Waals surface area (Å²) in [5.74, 6) is -0.808. The minimum Gasteiger partial charge on any atom is -0.495 e. The number of hydrogen-bond acceptors (Lipinski definition) is 5. The van der Waals surface area contributed by atoms with Crippen molar-refractivity contribution in [1.29, 1.82) is 0 Å². The average molecular weight is 449 g/mol. The topological polar surface area (TPSA) is 76.2 Å². The Morgan fingerprint density at radius 2 is 1.87 bits per heavy atom. The predicted octanol–water partition coefficient (Wildman–Crippen LogP) is 2.76. The number of morpholine rings is 1. The molecule has 0 unspecified atom stereocenters. The molecule has 9 heteroatoms. The van der Waals surface area contributed by atoms with Crippen molar-refractivity contribution in [2.45, 2.75) is 24.7 Å². The molecule has 0 atom stereocenters. The van der Waals surface area contributed by atoms with Gasteiger partial charge in [0.1, 0.15) is 11.6 Å². The third kappa shape index (κ3) is 3.93. The van der Waals surface area contributed by atoms with Crippen molar-refractivity contribution in [2.24, 2.45) is 0 Å². The number of benzene rings is 2. The van der Waals surface area contributed by atoms with Crippen LogP contribution in [0, 0.1) is 12.7 Å². The lowest BCUT2D eigenvalue weighted by atomic mass is 9.95. The van der Waals surface area contributed by atoms with E-state index in [0.717, 1.165) is 36.1 Å². The number of aryl methyl sites for hydroxylation is 1. The summed E-state index contributed by atoms with van der Waals surface area (Å²) in [7, 11) is -2.33. The zero-order valence-electron chi connectivity index (χ0n) is 17.6. The zero-order chi connectivity index (χ0) is 22.2. The Morgan fingerprint density at radius 3 is 2.58 bits per heavy atom. The lowest BCUT2D eigenvalue weighted by Gasteiger charge is -2.32. The summed E-state index contributed by atoms with van der Waals surface area (Å²) >= 11 is 0. The fourth-order valence-electron chi connectivity index (χ4n) is 4.13. The molecule has 1 amide bonds. The van der Waals surface area contributed by atoms with Crippen molar-refractivity contribution in [2.75, 3.05) is 44.9 Å². The summed E-state index contributed by atoms with van der Waals surface area (Å²) in [5, 5.41) is 0. The monoisotopic (exact) mass is 448 g/mol. The Bertz CT molecular complexity index is 1110. The zero-order valence-corrected chi connectivity index (χ0v) is 18.4.